The van der Waals surface area contributed by atoms with Gasteiger partial charge in [0.25, 0.3) is 0 Å². The first kappa shape index (κ1) is 16.3. The maximum atomic E-state index is 7.00. The van der Waals surface area contributed by atoms with Gasteiger partial charge in [0.15, 0.2) is 0 Å². The summed E-state index contributed by atoms with van der Waals surface area (Å²) in [5, 5.41) is 7.00. The molecule has 22 valence electrons. The zero-order valence-corrected chi connectivity index (χ0v) is 3.51. The molecule has 0 aromatic rings. The standard InChI is InChI=1S/CH4O.Ba.Ti.2H/c1-2;;;;/h2H,1H3;;;;. The van der Waals surface area contributed by atoms with Gasteiger partial charge in [0.1, 0.15) is 0 Å². The van der Waals surface area contributed by atoms with Gasteiger partial charge in [-0.25, -0.2) is 0 Å². The van der Waals surface area contributed by atoms with Crippen molar-refractivity contribution in [1.82, 2.24) is 0 Å². The Labute approximate surface area is 81.1 Å². The SMILES string of the molecule is CO.[BaH2].[Ti]. The summed E-state index contributed by atoms with van der Waals surface area (Å²) in [4.78, 5) is 0. The Balaban J connectivity index is -0.00000000500. The summed E-state index contributed by atoms with van der Waals surface area (Å²) < 4.78 is 0. The van der Waals surface area contributed by atoms with Gasteiger partial charge in [0.05, 0.1) is 0 Å². The maximum Gasteiger partial charge on any atom is 0 e. The summed E-state index contributed by atoms with van der Waals surface area (Å²) in [5.41, 5.74) is 0. The normalized spacial score (nSPS) is 1.50. The van der Waals surface area contributed by atoms with Crippen LogP contribution in [0.25, 0.3) is 0 Å². The van der Waals surface area contributed by atoms with Gasteiger partial charge in [0.2, 0.25) is 0 Å². The molecule has 0 fully saturated rings. The molecular formula is CH6BaOTi. The predicted molar refractivity (Wildman–Crippen MR) is 16.7 cm³/mol. The first-order chi connectivity index (χ1) is 1.00. The molecule has 1 N–H and O–H groups in total. The molecule has 0 aromatic carbocycles. The molecule has 0 atom stereocenters. The van der Waals surface area contributed by atoms with Crippen molar-refractivity contribution in [2.75, 3.05) is 7.11 Å². The predicted octanol–water partition coefficient (Wildman–Crippen LogP) is -1.31. The summed E-state index contributed by atoms with van der Waals surface area (Å²) in [6.07, 6.45) is 0. The minimum Gasteiger partial charge on any atom is 0 e. The van der Waals surface area contributed by atoms with Crippen LogP contribution in [0.3, 0.4) is 0 Å². The van der Waals surface area contributed by atoms with Gasteiger partial charge in [-0.3, -0.25) is 0 Å². The average Bonchev–Trinajstić information content (AvgIpc) is 1.00. The molecule has 0 spiro atoms. The largest absolute Gasteiger partial charge is 0 e. The third kappa shape index (κ3) is 8.87. The fraction of sp³-hybridized carbons (Fsp3) is 1.00. The zero-order valence-electron chi connectivity index (χ0n) is 1.95. The van der Waals surface area contributed by atoms with Gasteiger partial charge in [0, 0.05) is 28.8 Å². The van der Waals surface area contributed by atoms with E-state index in [1.165, 1.54) is 0 Å². The van der Waals surface area contributed by atoms with Crippen molar-refractivity contribution < 1.29 is 26.8 Å². The van der Waals surface area contributed by atoms with E-state index < -0.39 is 0 Å². The number of aliphatic hydroxyl groups excluding tert-OH is 1. The van der Waals surface area contributed by atoms with Crippen molar-refractivity contribution in [3.8, 4) is 0 Å². The first-order valence-corrected chi connectivity index (χ1v) is 0.447. The third-order valence-electron chi connectivity index (χ3n) is 0. The fourth-order valence-electron chi connectivity index (χ4n) is 0. The van der Waals surface area contributed by atoms with Crippen LogP contribution in [0.4, 0.5) is 0 Å². The van der Waals surface area contributed by atoms with Crippen LogP contribution in [0.15, 0.2) is 0 Å². The number of hydrogen-bond donors (Lipinski definition) is 1. The van der Waals surface area contributed by atoms with E-state index in [9.17, 15) is 0 Å². The quantitative estimate of drug-likeness (QED) is 0.502. The Kier molecular flexibility index (Phi) is 76.5. The molecule has 0 saturated carbocycles. The van der Waals surface area contributed by atoms with Crippen molar-refractivity contribution in [3.05, 3.63) is 0 Å². The molecule has 0 rings (SSSR count). The molecule has 1 nitrogen and oxygen atoms in total. The van der Waals surface area contributed by atoms with Gasteiger partial charge < -0.3 is 5.11 Å². The van der Waals surface area contributed by atoms with Gasteiger partial charge in [-0.1, -0.05) is 0 Å². The topological polar surface area (TPSA) is 20.2 Å². The molecule has 0 unspecified atom stereocenters. The third-order valence-corrected chi connectivity index (χ3v) is 0. The van der Waals surface area contributed by atoms with E-state index in [-0.39, 0.29) is 70.6 Å². The maximum absolute atomic E-state index is 7.00. The van der Waals surface area contributed by atoms with Crippen LogP contribution >= 0.6 is 0 Å². The second-order valence-electron chi connectivity index (χ2n) is 0. The van der Waals surface area contributed by atoms with Crippen LogP contribution in [0.1, 0.15) is 0 Å². The molecule has 4 heavy (non-hydrogen) atoms. The van der Waals surface area contributed by atoms with Crippen molar-refractivity contribution in [1.29, 1.82) is 0 Å². The van der Waals surface area contributed by atoms with E-state index >= 15 is 0 Å². The Bertz CT molecular complexity index is 8.00. The first-order valence-electron chi connectivity index (χ1n) is 0.447. The van der Waals surface area contributed by atoms with Crippen molar-refractivity contribution in [2.24, 2.45) is 0 Å². The van der Waals surface area contributed by atoms with E-state index in [1.54, 1.807) is 0 Å². The number of rotatable bonds is 0. The van der Waals surface area contributed by atoms with Gasteiger partial charge >= 0.3 is 48.9 Å². The minimum absolute atomic E-state index is 0. The summed E-state index contributed by atoms with van der Waals surface area (Å²) >= 11 is 0. The van der Waals surface area contributed by atoms with Gasteiger partial charge in [-0.2, -0.15) is 0 Å². The molecule has 0 aliphatic heterocycles. The molecule has 0 aliphatic rings. The van der Waals surface area contributed by atoms with Crippen molar-refractivity contribution in [3.63, 3.8) is 0 Å². The average molecular weight is 219 g/mol. The molecule has 0 amide bonds. The van der Waals surface area contributed by atoms with Crippen LogP contribution < -0.4 is 0 Å². The van der Waals surface area contributed by atoms with Crippen LogP contribution in [-0.4, -0.2) is 61.1 Å². The van der Waals surface area contributed by atoms with E-state index in [1.807, 2.05) is 0 Å². The van der Waals surface area contributed by atoms with Crippen molar-refractivity contribution >= 4 is 48.9 Å². The molecular weight excluding hydrogens is 213 g/mol. The minimum atomic E-state index is 0. The Morgan fingerprint density at radius 1 is 1.25 bits per heavy atom. The number of aliphatic hydroxyl groups is 1. The second-order valence-corrected chi connectivity index (χ2v) is 0. The van der Waals surface area contributed by atoms with Crippen LogP contribution in [0.2, 0.25) is 0 Å². The van der Waals surface area contributed by atoms with Crippen LogP contribution in [-0.2, 0) is 21.7 Å². The molecule has 0 aromatic heterocycles. The van der Waals surface area contributed by atoms with Gasteiger partial charge in [-0.15, -0.1) is 0 Å². The molecule has 0 saturated heterocycles. The summed E-state index contributed by atoms with van der Waals surface area (Å²) in [7, 11) is 1.00. The van der Waals surface area contributed by atoms with E-state index in [0.29, 0.717) is 0 Å². The van der Waals surface area contributed by atoms with Crippen molar-refractivity contribution in [2.45, 2.75) is 0 Å². The van der Waals surface area contributed by atoms with E-state index in [4.69, 9.17) is 5.11 Å². The number of hydrogen-bond acceptors (Lipinski definition) is 1. The Morgan fingerprint density at radius 2 is 1.25 bits per heavy atom. The Hall–Kier alpha value is 2.25. The summed E-state index contributed by atoms with van der Waals surface area (Å²) in [6.45, 7) is 0. The molecule has 0 radical (unpaired) electrons. The van der Waals surface area contributed by atoms with Crippen LogP contribution in [0.5, 0.6) is 0 Å². The molecule has 3 heteroatoms. The van der Waals surface area contributed by atoms with E-state index in [0.717, 1.165) is 7.11 Å². The molecule has 0 heterocycles. The smallest absolute Gasteiger partial charge is 0 e. The monoisotopic (exact) mass is 220 g/mol. The van der Waals surface area contributed by atoms with Gasteiger partial charge in [-0.05, 0) is 0 Å². The zero-order chi connectivity index (χ0) is 2.00. The summed E-state index contributed by atoms with van der Waals surface area (Å²) in [5.74, 6) is 0. The Morgan fingerprint density at radius 3 is 1.25 bits per heavy atom. The molecule has 0 aliphatic carbocycles. The second kappa shape index (κ2) is 18.7. The molecule has 0 bridgehead atoms. The van der Waals surface area contributed by atoms with E-state index in [2.05, 4.69) is 0 Å². The van der Waals surface area contributed by atoms with Crippen LogP contribution in [0, 0.1) is 0 Å². The summed E-state index contributed by atoms with van der Waals surface area (Å²) in [6, 6.07) is 0. The fourth-order valence-corrected chi connectivity index (χ4v) is 0.